The van der Waals surface area contributed by atoms with Gasteiger partial charge >= 0.3 is 0 Å². The number of ether oxygens (including phenoxy) is 1. The molecule has 1 aromatic heterocycles. The van der Waals surface area contributed by atoms with Gasteiger partial charge in [-0.3, -0.25) is 0 Å². The van der Waals surface area contributed by atoms with Gasteiger partial charge in [0.15, 0.2) is 0 Å². The lowest BCUT2D eigenvalue weighted by molar-refractivity contribution is 0.203. The quantitative estimate of drug-likeness (QED) is 0.821. The molecule has 22 heavy (non-hydrogen) atoms. The topological polar surface area (TPSA) is 75.6 Å². The molecule has 2 saturated heterocycles. The van der Waals surface area contributed by atoms with Crippen LogP contribution >= 0.6 is 0 Å². The Morgan fingerprint density at radius 2 is 1.95 bits per heavy atom. The van der Waals surface area contributed by atoms with E-state index < -0.39 is 10.0 Å². The molecule has 0 saturated carbocycles. The first-order valence-corrected chi connectivity index (χ1v) is 9.38. The number of rotatable bonds is 3. The summed E-state index contributed by atoms with van der Waals surface area (Å²) in [5.41, 5.74) is -0.288. The molecule has 1 aromatic rings. The van der Waals surface area contributed by atoms with Crippen LogP contribution in [0.4, 0.5) is 5.82 Å². The molecule has 0 aliphatic carbocycles. The lowest BCUT2D eigenvalue weighted by Crippen LogP contribution is -2.57. The highest BCUT2D eigenvalue weighted by Crippen LogP contribution is 2.39. The van der Waals surface area contributed by atoms with Crippen LogP contribution in [0, 0.1) is 0 Å². The van der Waals surface area contributed by atoms with Gasteiger partial charge in [0.2, 0.25) is 15.9 Å². The van der Waals surface area contributed by atoms with Crippen molar-refractivity contribution in [3.63, 3.8) is 0 Å². The van der Waals surface area contributed by atoms with Crippen LogP contribution < -0.4 is 9.64 Å². The van der Waals surface area contributed by atoms with Crippen molar-refractivity contribution < 1.29 is 13.2 Å². The maximum absolute atomic E-state index is 12.1. The fourth-order valence-electron chi connectivity index (χ4n) is 3.76. The highest BCUT2D eigenvalue weighted by molar-refractivity contribution is 7.88. The van der Waals surface area contributed by atoms with E-state index in [1.54, 1.807) is 17.5 Å². The molecule has 7 nitrogen and oxygen atoms in total. The predicted molar refractivity (Wildman–Crippen MR) is 83.5 cm³/mol. The summed E-state index contributed by atoms with van der Waals surface area (Å²) in [4.78, 5) is 10.5. The second-order valence-corrected chi connectivity index (χ2v) is 8.01. The van der Waals surface area contributed by atoms with Gasteiger partial charge in [0.05, 0.1) is 18.9 Å². The molecule has 3 heterocycles. The molecule has 0 radical (unpaired) electrons. The summed E-state index contributed by atoms with van der Waals surface area (Å²) in [7, 11) is -1.60. The zero-order valence-electron chi connectivity index (χ0n) is 13.0. The summed E-state index contributed by atoms with van der Waals surface area (Å²) in [6.45, 7) is 2.18. The van der Waals surface area contributed by atoms with Crippen LogP contribution in [0.5, 0.6) is 5.88 Å². The minimum absolute atomic E-state index is 0.288. The molecule has 8 heteroatoms. The molecule has 0 N–H and O–H groups in total. The normalized spacial score (nSPS) is 26.5. The number of hydrogen-bond acceptors (Lipinski definition) is 6. The van der Waals surface area contributed by atoms with E-state index in [1.165, 1.54) is 12.6 Å². The van der Waals surface area contributed by atoms with E-state index in [4.69, 9.17) is 4.74 Å². The van der Waals surface area contributed by atoms with Crippen molar-refractivity contribution in [1.82, 2.24) is 14.3 Å². The third-order valence-electron chi connectivity index (χ3n) is 4.65. The zero-order valence-corrected chi connectivity index (χ0v) is 13.8. The summed E-state index contributed by atoms with van der Waals surface area (Å²) in [5, 5.41) is 0. The maximum Gasteiger partial charge on any atom is 0.218 e. The van der Waals surface area contributed by atoms with Gasteiger partial charge in [0.1, 0.15) is 12.1 Å². The van der Waals surface area contributed by atoms with E-state index in [1.807, 2.05) is 0 Å². The van der Waals surface area contributed by atoms with E-state index in [-0.39, 0.29) is 5.54 Å². The van der Waals surface area contributed by atoms with Crippen molar-refractivity contribution in [3.05, 3.63) is 12.4 Å². The van der Waals surface area contributed by atoms with Crippen LogP contribution in [-0.2, 0) is 10.0 Å². The number of piperidine rings is 1. The SMILES string of the molecule is COc1cc(N2CCCC3(CCCN3S(C)(=O)=O)C2)ncn1. The fraction of sp³-hybridized carbons (Fsp3) is 0.714. The Labute approximate surface area is 131 Å². The summed E-state index contributed by atoms with van der Waals surface area (Å²) >= 11 is 0. The van der Waals surface area contributed by atoms with Crippen LogP contribution in [-0.4, -0.2) is 61.2 Å². The zero-order chi connectivity index (χ0) is 15.8. The van der Waals surface area contributed by atoms with Gasteiger partial charge in [-0.15, -0.1) is 0 Å². The number of sulfonamides is 1. The molecular weight excluding hydrogens is 304 g/mol. The minimum Gasteiger partial charge on any atom is -0.481 e. The molecule has 1 unspecified atom stereocenters. The number of hydrogen-bond donors (Lipinski definition) is 0. The average Bonchev–Trinajstić information content (AvgIpc) is 2.90. The summed E-state index contributed by atoms with van der Waals surface area (Å²) in [6.07, 6.45) is 6.51. The predicted octanol–water partition coefficient (Wildman–Crippen LogP) is 0.880. The van der Waals surface area contributed by atoms with E-state index in [0.29, 0.717) is 19.0 Å². The molecule has 2 aliphatic heterocycles. The van der Waals surface area contributed by atoms with E-state index in [9.17, 15) is 8.42 Å². The molecule has 2 fully saturated rings. The second kappa shape index (κ2) is 5.66. The Balaban J connectivity index is 1.87. The standard InChI is InChI=1S/C14H22N4O3S/c1-21-13-9-12(15-11-16-13)17-7-3-5-14(10-17)6-4-8-18(14)22(2,19)20/h9,11H,3-8,10H2,1-2H3. The smallest absolute Gasteiger partial charge is 0.218 e. The molecule has 0 bridgehead atoms. The first-order valence-electron chi connectivity index (χ1n) is 7.53. The largest absolute Gasteiger partial charge is 0.481 e. The van der Waals surface area contributed by atoms with Gasteiger partial charge in [-0.2, -0.15) is 4.31 Å². The van der Waals surface area contributed by atoms with Crippen LogP contribution in [0.3, 0.4) is 0 Å². The highest BCUT2D eigenvalue weighted by Gasteiger charge is 2.48. The summed E-state index contributed by atoms with van der Waals surface area (Å²) in [6, 6.07) is 1.80. The molecule has 1 spiro atoms. The van der Waals surface area contributed by atoms with Gasteiger partial charge < -0.3 is 9.64 Å². The van der Waals surface area contributed by atoms with E-state index >= 15 is 0 Å². The van der Waals surface area contributed by atoms with Gasteiger partial charge in [-0.05, 0) is 25.7 Å². The van der Waals surface area contributed by atoms with E-state index in [2.05, 4.69) is 14.9 Å². The number of anilines is 1. The van der Waals surface area contributed by atoms with Gasteiger partial charge in [0.25, 0.3) is 0 Å². The summed E-state index contributed by atoms with van der Waals surface area (Å²) < 4.78 is 31.1. The molecular formula is C14H22N4O3S. The monoisotopic (exact) mass is 326 g/mol. The average molecular weight is 326 g/mol. The fourth-order valence-corrected chi connectivity index (χ4v) is 5.17. The van der Waals surface area contributed by atoms with Crippen molar-refractivity contribution in [2.75, 3.05) is 37.9 Å². The van der Waals surface area contributed by atoms with Gasteiger partial charge in [-0.25, -0.2) is 18.4 Å². The number of aromatic nitrogens is 2. The van der Waals surface area contributed by atoms with Crippen molar-refractivity contribution in [2.45, 2.75) is 31.2 Å². The highest BCUT2D eigenvalue weighted by atomic mass is 32.2. The molecule has 0 aromatic carbocycles. The third-order valence-corrected chi connectivity index (χ3v) is 6.02. The minimum atomic E-state index is -3.18. The molecule has 2 aliphatic rings. The lowest BCUT2D eigenvalue weighted by Gasteiger charge is -2.45. The number of methoxy groups -OCH3 is 1. The van der Waals surface area contributed by atoms with Gasteiger partial charge in [-0.1, -0.05) is 0 Å². The van der Waals surface area contributed by atoms with Crippen LogP contribution in [0.2, 0.25) is 0 Å². The molecule has 1 atom stereocenters. The van der Waals surface area contributed by atoms with Crippen LogP contribution in [0.15, 0.2) is 12.4 Å². The first-order chi connectivity index (χ1) is 10.4. The van der Waals surface area contributed by atoms with Gasteiger partial charge in [0, 0.05) is 25.7 Å². The van der Waals surface area contributed by atoms with Crippen LogP contribution in [0.1, 0.15) is 25.7 Å². The molecule has 0 amide bonds. The van der Waals surface area contributed by atoms with Crippen LogP contribution in [0.25, 0.3) is 0 Å². The molecule has 3 rings (SSSR count). The summed E-state index contributed by atoms with van der Waals surface area (Å²) in [5.74, 6) is 1.32. The Morgan fingerprint density at radius 3 is 2.64 bits per heavy atom. The Kier molecular flexibility index (Phi) is 3.98. The molecule has 122 valence electrons. The van der Waals surface area contributed by atoms with Crippen molar-refractivity contribution in [2.24, 2.45) is 0 Å². The lowest BCUT2D eigenvalue weighted by atomic mass is 9.87. The number of nitrogens with zero attached hydrogens (tertiary/aromatic N) is 4. The van der Waals surface area contributed by atoms with Crippen molar-refractivity contribution in [1.29, 1.82) is 0 Å². The van der Waals surface area contributed by atoms with Crippen molar-refractivity contribution >= 4 is 15.8 Å². The Morgan fingerprint density at radius 1 is 1.23 bits per heavy atom. The Hall–Kier alpha value is -1.41. The second-order valence-electron chi connectivity index (χ2n) is 6.11. The third kappa shape index (κ3) is 2.77. The Bertz CT molecular complexity index is 651. The van der Waals surface area contributed by atoms with E-state index in [0.717, 1.165) is 38.0 Å². The van der Waals surface area contributed by atoms with Crippen molar-refractivity contribution in [3.8, 4) is 5.88 Å². The first kappa shape index (κ1) is 15.5. The maximum atomic E-state index is 12.1.